The summed E-state index contributed by atoms with van der Waals surface area (Å²) in [7, 11) is 0. The van der Waals surface area contributed by atoms with Crippen LogP contribution in [0.5, 0.6) is 0 Å². The minimum Gasteiger partial charge on any atom is -0.316 e. The third-order valence-electron chi connectivity index (χ3n) is 5.69. The van der Waals surface area contributed by atoms with E-state index in [9.17, 15) is 0 Å². The van der Waals surface area contributed by atoms with Crippen molar-refractivity contribution in [3.05, 3.63) is 0 Å². The van der Waals surface area contributed by atoms with Gasteiger partial charge < -0.3 is 10.2 Å². The van der Waals surface area contributed by atoms with Gasteiger partial charge in [0.25, 0.3) is 0 Å². The van der Waals surface area contributed by atoms with Crippen LogP contribution in [0.4, 0.5) is 0 Å². The van der Waals surface area contributed by atoms with E-state index in [1.54, 1.807) is 0 Å². The Labute approximate surface area is 112 Å². The Morgan fingerprint density at radius 2 is 2.06 bits per heavy atom. The van der Waals surface area contributed by atoms with Crippen molar-refractivity contribution in [3.8, 4) is 0 Å². The van der Waals surface area contributed by atoms with Crippen molar-refractivity contribution in [2.24, 2.45) is 11.8 Å². The van der Waals surface area contributed by atoms with Gasteiger partial charge in [-0.2, -0.15) is 0 Å². The van der Waals surface area contributed by atoms with E-state index >= 15 is 0 Å². The number of fused-ring (bicyclic) bond motifs is 1. The lowest BCUT2D eigenvalue weighted by Gasteiger charge is -2.32. The predicted octanol–water partition coefficient (Wildman–Crippen LogP) is 1.40. The summed E-state index contributed by atoms with van der Waals surface area (Å²) in [5.74, 6) is 1.86. The van der Waals surface area contributed by atoms with Gasteiger partial charge in [-0.1, -0.05) is 6.92 Å². The Balaban J connectivity index is 1.61. The van der Waals surface area contributed by atoms with E-state index in [4.69, 9.17) is 0 Å². The maximum absolute atomic E-state index is 3.57. The van der Waals surface area contributed by atoms with Crippen LogP contribution in [0.25, 0.3) is 0 Å². The molecular weight excluding hydrogens is 222 g/mol. The molecule has 0 amide bonds. The maximum Gasteiger partial charge on any atom is 0.0114 e. The topological polar surface area (TPSA) is 18.5 Å². The zero-order chi connectivity index (χ0) is 12.5. The molecule has 0 saturated carbocycles. The second-order valence-electron chi connectivity index (χ2n) is 6.54. The van der Waals surface area contributed by atoms with Gasteiger partial charge in [0.1, 0.15) is 0 Å². The average Bonchev–Trinajstić information content (AvgIpc) is 2.86. The van der Waals surface area contributed by atoms with Crippen LogP contribution in [0.15, 0.2) is 0 Å². The van der Waals surface area contributed by atoms with Crippen LogP contribution in [-0.2, 0) is 0 Å². The van der Waals surface area contributed by atoms with Gasteiger partial charge in [-0.25, -0.2) is 0 Å². The largest absolute Gasteiger partial charge is 0.316 e. The van der Waals surface area contributed by atoms with Crippen LogP contribution in [0.3, 0.4) is 0 Å². The molecule has 0 bridgehead atoms. The van der Waals surface area contributed by atoms with Gasteiger partial charge in [0.2, 0.25) is 0 Å². The summed E-state index contributed by atoms with van der Waals surface area (Å²) in [5, 5.41) is 3.57. The highest BCUT2D eigenvalue weighted by Gasteiger charge is 2.43. The van der Waals surface area contributed by atoms with Crippen LogP contribution in [0.2, 0.25) is 0 Å². The number of rotatable bonds is 2. The quantitative estimate of drug-likeness (QED) is 0.800. The monoisotopic (exact) mass is 251 g/mol. The smallest absolute Gasteiger partial charge is 0.0114 e. The first-order valence-corrected chi connectivity index (χ1v) is 7.98. The first-order valence-electron chi connectivity index (χ1n) is 7.98. The molecule has 3 nitrogen and oxygen atoms in total. The van der Waals surface area contributed by atoms with Crippen LogP contribution in [-0.4, -0.2) is 61.2 Å². The lowest BCUT2D eigenvalue weighted by Crippen LogP contribution is -2.41. The SMILES string of the molecule is CCN1CCCC(N2CC3CNCC3C2C)CC1. The van der Waals surface area contributed by atoms with Crippen molar-refractivity contribution in [1.29, 1.82) is 0 Å². The maximum atomic E-state index is 3.57. The lowest BCUT2D eigenvalue weighted by molar-refractivity contribution is 0.154. The molecule has 0 spiro atoms. The predicted molar refractivity (Wildman–Crippen MR) is 75.8 cm³/mol. The second kappa shape index (κ2) is 5.48. The molecule has 1 N–H and O–H groups in total. The minimum atomic E-state index is 0.808. The van der Waals surface area contributed by atoms with Crippen molar-refractivity contribution in [1.82, 2.24) is 15.1 Å². The highest BCUT2D eigenvalue weighted by molar-refractivity contribution is 4.99. The number of hydrogen-bond donors (Lipinski definition) is 1. The first kappa shape index (κ1) is 12.9. The number of likely N-dealkylation sites (tertiary alicyclic amines) is 2. The summed E-state index contributed by atoms with van der Waals surface area (Å²) in [5.41, 5.74) is 0. The van der Waals surface area contributed by atoms with Crippen molar-refractivity contribution in [3.63, 3.8) is 0 Å². The molecule has 3 heteroatoms. The fourth-order valence-corrected chi connectivity index (χ4v) is 4.47. The van der Waals surface area contributed by atoms with Gasteiger partial charge in [0.05, 0.1) is 0 Å². The van der Waals surface area contributed by atoms with E-state index in [0.717, 1.165) is 23.9 Å². The molecule has 0 aromatic rings. The van der Waals surface area contributed by atoms with Crippen LogP contribution in [0.1, 0.15) is 33.1 Å². The molecule has 3 aliphatic rings. The first-order chi connectivity index (χ1) is 8.79. The molecule has 0 aliphatic carbocycles. The molecule has 0 aromatic carbocycles. The van der Waals surface area contributed by atoms with E-state index < -0.39 is 0 Å². The summed E-state index contributed by atoms with van der Waals surface area (Å²) in [4.78, 5) is 5.48. The Bertz CT molecular complexity index is 281. The number of nitrogens with one attached hydrogen (secondary N) is 1. The third-order valence-corrected chi connectivity index (χ3v) is 5.69. The number of nitrogens with zero attached hydrogens (tertiary/aromatic N) is 2. The van der Waals surface area contributed by atoms with Gasteiger partial charge in [0.15, 0.2) is 0 Å². The van der Waals surface area contributed by atoms with Gasteiger partial charge in [-0.3, -0.25) is 4.90 Å². The van der Waals surface area contributed by atoms with Crippen molar-refractivity contribution in [2.75, 3.05) is 39.3 Å². The molecule has 0 aromatic heterocycles. The van der Waals surface area contributed by atoms with E-state index in [0.29, 0.717) is 0 Å². The highest BCUT2D eigenvalue weighted by Crippen LogP contribution is 2.35. The molecule has 18 heavy (non-hydrogen) atoms. The van der Waals surface area contributed by atoms with Crippen LogP contribution < -0.4 is 5.32 Å². The van der Waals surface area contributed by atoms with Crippen LogP contribution in [0, 0.1) is 11.8 Å². The van der Waals surface area contributed by atoms with Crippen molar-refractivity contribution >= 4 is 0 Å². The molecule has 4 unspecified atom stereocenters. The summed E-state index contributed by atoms with van der Waals surface area (Å²) in [6.07, 6.45) is 4.22. The Kier molecular flexibility index (Phi) is 3.92. The molecular formula is C15H29N3. The molecule has 3 saturated heterocycles. The lowest BCUT2D eigenvalue weighted by atomic mass is 9.95. The van der Waals surface area contributed by atoms with E-state index in [-0.39, 0.29) is 0 Å². The average molecular weight is 251 g/mol. The zero-order valence-electron chi connectivity index (χ0n) is 12.1. The number of hydrogen-bond acceptors (Lipinski definition) is 3. The Morgan fingerprint density at radius 1 is 1.17 bits per heavy atom. The summed E-state index contributed by atoms with van der Waals surface area (Å²) in [6, 6.07) is 1.67. The summed E-state index contributed by atoms with van der Waals surface area (Å²) >= 11 is 0. The zero-order valence-corrected chi connectivity index (χ0v) is 12.1. The molecule has 3 heterocycles. The second-order valence-corrected chi connectivity index (χ2v) is 6.54. The van der Waals surface area contributed by atoms with E-state index in [1.165, 1.54) is 58.5 Å². The van der Waals surface area contributed by atoms with Gasteiger partial charge in [0, 0.05) is 18.6 Å². The molecule has 3 rings (SSSR count). The van der Waals surface area contributed by atoms with Crippen molar-refractivity contribution in [2.45, 2.75) is 45.2 Å². The highest BCUT2D eigenvalue weighted by atomic mass is 15.2. The summed E-state index contributed by atoms with van der Waals surface area (Å²) in [6.45, 7) is 12.5. The van der Waals surface area contributed by atoms with E-state index in [1.807, 2.05) is 0 Å². The van der Waals surface area contributed by atoms with Gasteiger partial charge in [-0.05, 0) is 70.7 Å². The molecule has 104 valence electrons. The normalized spacial score (nSPS) is 43.0. The molecule has 0 radical (unpaired) electrons. The summed E-state index contributed by atoms with van der Waals surface area (Å²) < 4.78 is 0. The van der Waals surface area contributed by atoms with Crippen LogP contribution >= 0.6 is 0 Å². The van der Waals surface area contributed by atoms with Gasteiger partial charge >= 0.3 is 0 Å². The van der Waals surface area contributed by atoms with Crippen molar-refractivity contribution < 1.29 is 0 Å². The standard InChI is InChI=1S/C15H29N3/c1-3-17-7-4-5-14(6-8-17)18-11-13-9-16-10-15(13)12(18)2/h12-16H,3-11H2,1-2H3. The Hall–Kier alpha value is -0.120. The fraction of sp³-hybridized carbons (Fsp3) is 1.00. The van der Waals surface area contributed by atoms with E-state index in [2.05, 4.69) is 29.0 Å². The van der Waals surface area contributed by atoms with Gasteiger partial charge in [-0.15, -0.1) is 0 Å². The molecule has 3 aliphatic heterocycles. The minimum absolute atomic E-state index is 0.808. The third kappa shape index (κ3) is 2.33. The fourth-order valence-electron chi connectivity index (χ4n) is 4.47. The Morgan fingerprint density at radius 3 is 2.83 bits per heavy atom. The molecule has 3 fully saturated rings. The molecule has 4 atom stereocenters.